The van der Waals surface area contributed by atoms with Gasteiger partial charge in [-0.15, -0.1) is 0 Å². The van der Waals surface area contributed by atoms with Gasteiger partial charge < -0.3 is 0 Å². The van der Waals surface area contributed by atoms with E-state index in [2.05, 4.69) is 0 Å². The number of halogens is 2. The Labute approximate surface area is 149 Å². The van der Waals surface area contributed by atoms with Crippen LogP contribution in [-0.2, 0) is 0 Å². The lowest BCUT2D eigenvalue weighted by Gasteiger charge is -2.12. The third-order valence-corrected chi connectivity index (χ3v) is 4.43. The molecule has 0 radical (unpaired) electrons. The van der Waals surface area contributed by atoms with Crippen LogP contribution in [0.2, 0.25) is 10.0 Å². The maximum absolute atomic E-state index is 6.33. The summed E-state index contributed by atoms with van der Waals surface area (Å²) in [5.41, 5.74) is 4.78. The molecule has 4 heteroatoms. The van der Waals surface area contributed by atoms with Crippen molar-refractivity contribution in [2.75, 3.05) is 0 Å². The van der Waals surface area contributed by atoms with E-state index in [0.717, 1.165) is 22.5 Å². The topological polar surface area (TPSA) is 25.8 Å². The lowest BCUT2D eigenvalue weighted by Crippen LogP contribution is -1.96. The number of rotatable bonds is 2. The van der Waals surface area contributed by atoms with Gasteiger partial charge in [-0.2, -0.15) is 0 Å². The van der Waals surface area contributed by atoms with E-state index < -0.39 is 0 Å². The number of aromatic nitrogens is 2. The monoisotopic (exact) mass is 350 g/mol. The molecule has 24 heavy (non-hydrogen) atoms. The van der Waals surface area contributed by atoms with Crippen molar-refractivity contribution in [3.8, 4) is 22.5 Å². The Morgan fingerprint density at radius 1 is 0.500 bits per heavy atom. The van der Waals surface area contributed by atoms with E-state index in [-0.39, 0.29) is 0 Å². The lowest BCUT2D eigenvalue weighted by atomic mass is 10.0. The summed E-state index contributed by atoms with van der Waals surface area (Å²) in [6.45, 7) is 0. The van der Waals surface area contributed by atoms with Gasteiger partial charge in [0.1, 0.15) is 11.0 Å². The molecular formula is C20H12Cl2N2. The molecule has 4 aromatic rings. The first-order chi connectivity index (χ1) is 11.7. The van der Waals surface area contributed by atoms with Gasteiger partial charge in [-0.1, -0.05) is 83.9 Å². The predicted octanol–water partition coefficient (Wildman–Crippen LogP) is 6.27. The summed E-state index contributed by atoms with van der Waals surface area (Å²) in [5.74, 6) is 0. The van der Waals surface area contributed by atoms with Crippen molar-refractivity contribution in [2.45, 2.75) is 0 Å². The van der Waals surface area contributed by atoms with E-state index in [0.29, 0.717) is 21.1 Å². The molecule has 0 aliphatic heterocycles. The van der Waals surface area contributed by atoms with Crippen LogP contribution in [0, 0.1) is 0 Å². The first-order valence-electron chi connectivity index (χ1n) is 7.50. The molecule has 116 valence electrons. The molecule has 4 rings (SSSR count). The van der Waals surface area contributed by atoms with Crippen molar-refractivity contribution < 1.29 is 0 Å². The fourth-order valence-corrected chi connectivity index (χ4v) is 3.06. The van der Waals surface area contributed by atoms with Gasteiger partial charge in [-0.25, -0.2) is 9.97 Å². The number of benzene rings is 3. The van der Waals surface area contributed by atoms with Crippen molar-refractivity contribution >= 4 is 34.2 Å². The molecule has 0 aliphatic carbocycles. The molecule has 1 heterocycles. The smallest absolute Gasteiger partial charge is 0.110 e. The normalized spacial score (nSPS) is 10.9. The molecule has 0 bridgehead atoms. The van der Waals surface area contributed by atoms with Crippen LogP contribution in [-0.4, -0.2) is 9.97 Å². The molecule has 0 aliphatic rings. The highest BCUT2D eigenvalue weighted by molar-refractivity contribution is 6.39. The molecule has 0 atom stereocenters. The van der Waals surface area contributed by atoms with Gasteiger partial charge in [0.05, 0.1) is 21.4 Å². The maximum atomic E-state index is 6.33. The molecule has 0 spiro atoms. The standard InChI is InChI=1S/C20H12Cl2N2/c21-15-11-12-16(22)20-19(15)23-17(13-7-3-1-4-8-13)18(24-20)14-9-5-2-6-10-14/h1-12H. The molecule has 0 unspecified atom stereocenters. The number of hydrogen-bond acceptors (Lipinski definition) is 2. The fraction of sp³-hybridized carbons (Fsp3) is 0. The average Bonchev–Trinajstić information content (AvgIpc) is 2.65. The summed E-state index contributed by atoms with van der Waals surface area (Å²) in [4.78, 5) is 9.61. The molecule has 0 saturated carbocycles. The van der Waals surface area contributed by atoms with Gasteiger partial charge >= 0.3 is 0 Å². The van der Waals surface area contributed by atoms with Crippen LogP contribution in [0.4, 0.5) is 0 Å². The molecule has 2 nitrogen and oxygen atoms in total. The van der Waals surface area contributed by atoms with E-state index in [1.54, 1.807) is 12.1 Å². The summed E-state index contributed by atoms with van der Waals surface area (Å²) in [6, 6.07) is 23.4. The zero-order valence-electron chi connectivity index (χ0n) is 12.6. The Morgan fingerprint density at radius 3 is 1.25 bits per heavy atom. The van der Waals surface area contributed by atoms with E-state index >= 15 is 0 Å². The summed E-state index contributed by atoms with van der Waals surface area (Å²) in [5, 5.41) is 1.08. The van der Waals surface area contributed by atoms with Crippen molar-refractivity contribution in [1.82, 2.24) is 9.97 Å². The van der Waals surface area contributed by atoms with E-state index in [9.17, 15) is 0 Å². The minimum atomic E-state index is 0.540. The third-order valence-electron chi connectivity index (χ3n) is 3.82. The Bertz CT molecular complexity index is 932. The minimum Gasteiger partial charge on any atom is -0.242 e. The molecule has 0 N–H and O–H groups in total. The number of hydrogen-bond donors (Lipinski definition) is 0. The van der Waals surface area contributed by atoms with Crippen LogP contribution >= 0.6 is 23.2 Å². The van der Waals surface area contributed by atoms with Crippen molar-refractivity contribution in [2.24, 2.45) is 0 Å². The summed E-state index contributed by atoms with van der Waals surface area (Å²) in [7, 11) is 0. The molecule has 1 aromatic heterocycles. The minimum absolute atomic E-state index is 0.540. The molecule has 0 amide bonds. The Balaban J connectivity index is 2.10. The molecular weight excluding hydrogens is 339 g/mol. The fourth-order valence-electron chi connectivity index (χ4n) is 2.67. The third kappa shape index (κ3) is 2.64. The first-order valence-corrected chi connectivity index (χ1v) is 8.26. The Kier molecular flexibility index (Phi) is 3.93. The van der Waals surface area contributed by atoms with Crippen molar-refractivity contribution in [3.63, 3.8) is 0 Å². The lowest BCUT2D eigenvalue weighted by molar-refractivity contribution is 1.29. The van der Waals surface area contributed by atoms with Gasteiger partial charge in [0.15, 0.2) is 0 Å². The largest absolute Gasteiger partial charge is 0.242 e. The van der Waals surface area contributed by atoms with Gasteiger partial charge in [0.25, 0.3) is 0 Å². The number of nitrogens with zero attached hydrogens (tertiary/aromatic N) is 2. The van der Waals surface area contributed by atoms with Crippen LogP contribution in [0.25, 0.3) is 33.5 Å². The van der Waals surface area contributed by atoms with Gasteiger partial charge in [0.2, 0.25) is 0 Å². The number of fused-ring (bicyclic) bond motifs is 1. The van der Waals surface area contributed by atoms with Gasteiger partial charge in [-0.3, -0.25) is 0 Å². The van der Waals surface area contributed by atoms with Gasteiger partial charge in [-0.05, 0) is 12.1 Å². The average molecular weight is 351 g/mol. The molecule has 3 aromatic carbocycles. The van der Waals surface area contributed by atoms with E-state index in [4.69, 9.17) is 33.2 Å². The first kappa shape index (κ1) is 15.1. The van der Waals surface area contributed by atoms with Crippen LogP contribution in [0.15, 0.2) is 72.8 Å². The molecule has 0 fully saturated rings. The summed E-state index contributed by atoms with van der Waals surface area (Å²) in [6.07, 6.45) is 0. The van der Waals surface area contributed by atoms with E-state index in [1.165, 1.54) is 0 Å². The van der Waals surface area contributed by atoms with Crippen LogP contribution in [0.5, 0.6) is 0 Å². The second kappa shape index (κ2) is 6.23. The Hall–Kier alpha value is -2.42. The van der Waals surface area contributed by atoms with Gasteiger partial charge in [0, 0.05) is 11.1 Å². The summed E-state index contributed by atoms with van der Waals surface area (Å²) < 4.78 is 0. The van der Waals surface area contributed by atoms with Crippen LogP contribution in [0.3, 0.4) is 0 Å². The summed E-state index contributed by atoms with van der Waals surface area (Å²) >= 11 is 12.7. The second-order valence-electron chi connectivity index (χ2n) is 5.38. The van der Waals surface area contributed by atoms with E-state index in [1.807, 2.05) is 60.7 Å². The van der Waals surface area contributed by atoms with Crippen molar-refractivity contribution in [1.29, 1.82) is 0 Å². The Morgan fingerprint density at radius 2 is 0.875 bits per heavy atom. The SMILES string of the molecule is Clc1ccc(Cl)c2nc(-c3ccccc3)c(-c3ccccc3)nc12. The predicted molar refractivity (Wildman–Crippen MR) is 100 cm³/mol. The zero-order chi connectivity index (χ0) is 16.5. The quantitative estimate of drug-likeness (QED) is 0.425. The highest BCUT2D eigenvalue weighted by atomic mass is 35.5. The zero-order valence-corrected chi connectivity index (χ0v) is 14.1. The van der Waals surface area contributed by atoms with Crippen LogP contribution < -0.4 is 0 Å². The maximum Gasteiger partial charge on any atom is 0.110 e. The second-order valence-corrected chi connectivity index (χ2v) is 6.19. The highest BCUT2D eigenvalue weighted by Crippen LogP contribution is 2.35. The highest BCUT2D eigenvalue weighted by Gasteiger charge is 2.15. The molecule has 0 saturated heterocycles. The van der Waals surface area contributed by atoms with Crippen molar-refractivity contribution in [3.05, 3.63) is 82.8 Å². The van der Waals surface area contributed by atoms with Crippen LogP contribution in [0.1, 0.15) is 0 Å².